The highest BCUT2D eigenvalue weighted by Gasteiger charge is 2.26. The standard InChI is InChI=1S/C32H54O5/c1-5-6-7-8-26-9-11-27(12-10-26)13-14-28-15-17-29(18-16-28)19-20-30(22-36-31(34)24(2)3)23-37-32(35)25(4)21-33/h26-30,33H,2,4-23H2,1,3H3. The first-order valence-electron chi connectivity index (χ1n) is 15.1. The van der Waals surface area contributed by atoms with E-state index in [9.17, 15) is 9.59 Å². The lowest BCUT2D eigenvalue weighted by molar-refractivity contribution is -0.144. The van der Waals surface area contributed by atoms with Crippen LogP contribution in [0.15, 0.2) is 24.3 Å². The lowest BCUT2D eigenvalue weighted by Crippen LogP contribution is -2.24. The molecule has 5 nitrogen and oxygen atoms in total. The minimum atomic E-state index is -0.593. The summed E-state index contributed by atoms with van der Waals surface area (Å²) in [5, 5.41) is 9.08. The number of hydrogen-bond acceptors (Lipinski definition) is 5. The zero-order valence-electron chi connectivity index (χ0n) is 23.8. The van der Waals surface area contributed by atoms with E-state index >= 15 is 0 Å². The van der Waals surface area contributed by atoms with Crippen LogP contribution in [0.5, 0.6) is 0 Å². The van der Waals surface area contributed by atoms with Crippen LogP contribution >= 0.6 is 0 Å². The normalized spacial score (nSPS) is 24.7. The Morgan fingerprint density at radius 3 is 1.68 bits per heavy atom. The van der Waals surface area contributed by atoms with Gasteiger partial charge in [-0.05, 0) is 43.4 Å². The molecule has 2 rings (SSSR count). The molecule has 0 amide bonds. The van der Waals surface area contributed by atoms with Crippen LogP contribution in [0.4, 0.5) is 0 Å². The first-order chi connectivity index (χ1) is 17.8. The molecule has 0 aromatic rings. The van der Waals surface area contributed by atoms with Gasteiger partial charge in [-0.1, -0.05) is 110 Å². The Kier molecular flexibility index (Phi) is 15.2. The molecule has 0 aromatic heterocycles. The van der Waals surface area contributed by atoms with Crippen LogP contribution in [0.1, 0.15) is 117 Å². The molecule has 0 spiro atoms. The van der Waals surface area contributed by atoms with Gasteiger partial charge in [0.05, 0.1) is 25.4 Å². The highest BCUT2D eigenvalue weighted by atomic mass is 16.5. The van der Waals surface area contributed by atoms with Gasteiger partial charge in [-0.15, -0.1) is 0 Å². The Balaban J connectivity index is 1.66. The molecule has 1 atom stereocenters. The zero-order valence-corrected chi connectivity index (χ0v) is 23.8. The monoisotopic (exact) mass is 518 g/mol. The van der Waals surface area contributed by atoms with Crippen molar-refractivity contribution in [1.29, 1.82) is 0 Å². The Morgan fingerprint density at radius 2 is 1.22 bits per heavy atom. The summed E-state index contributed by atoms with van der Waals surface area (Å²) in [6, 6.07) is 0. The van der Waals surface area contributed by atoms with Crippen LogP contribution < -0.4 is 0 Å². The Labute approximate surface area is 226 Å². The average Bonchev–Trinajstić information content (AvgIpc) is 2.91. The van der Waals surface area contributed by atoms with Crippen LogP contribution in [0.25, 0.3) is 0 Å². The number of carbonyl (C=O) groups excluding carboxylic acids is 2. The van der Waals surface area contributed by atoms with E-state index in [-0.39, 0.29) is 24.7 Å². The van der Waals surface area contributed by atoms with Gasteiger partial charge in [0.15, 0.2) is 0 Å². The molecule has 37 heavy (non-hydrogen) atoms. The summed E-state index contributed by atoms with van der Waals surface area (Å²) in [6.45, 7) is 11.0. The van der Waals surface area contributed by atoms with Crippen molar-refractivity contribution in [2.24, 2.45) is 29.6 Å². The maximum absolute atomic E-state index is 11.9. The van der Waals surface area contributed by atoms with E-state index < -0.39 is 18.5 Å². The largest absolute Gasteiger partial charge is 0.462 e. The summed E-state index contributed by atoms with van der Waals surface area (Å²) in [4.78, 5) is 23.8. The van der Waals surface area contributed by atoms with Crippen LogP contribution in [0, 0.1) is 29.6 Å². The van der Waals surface area contributed by atoms with Crippen LogP contribution in [0.3, 0.4) is 0 Å². The molecule has 2 saturated carbocycles. The van der Waals surface area contributed by atoms with Gasteiger partial charge in [-0.25, -0.2) is 9.59 Å². The molecule has 2 fully saturated rings. The fourth-order valence-corrected chi connectivity index (χ4v) is 6.14. The predicted molar refractivity (Wildman–Crippen MR) is 150 cm³/mol. The van der Waals surface area contributed by atoms with Gasteiger partial charge in [0.1, 0.15) is 0 Å². The molecule has 2 aliphatic rings. The third-order valence-corrected chi connectivity index (χ3v) is 8.84. The summed E-state index contributed by atoms with van der Waals surface area (Å²) in [5.74, 6) is 2.48. The highest BCUT2D eigenvalue weighted by molar-refractivity contribution is 5.88. The highest BCUT2D eigenvalue weighted by Crippen LogP contribution is 2.39. The summed E-state index contributed by atoms with van der Waals surface area (Å²) in [7, 11) is 0. The molecule has 0 radical (unpaired) electrons. The van der Waals surface area contributed by atoms with Crippen LogP contribution in [-0.2, 0) is 19.1 Å². The first-order valence-corrected chi connectivity index (χ1v) is 15.1. The van der Waals surface area contributed by atoms with Crippen molar-refractivity contribution in [2.45, 2.75) is 117 Å². The molecule has 1 N–H and O–H groups in total. The van der Waals surface area contributed by atoms with Gasteiger partial charge in [0, 0.05) is 11.5 Å². The summed E-state index contributed by atoms with van der Waals surface area (Å²) >= 11 is 0. The molecule has 5 heteroatoms. The molecule has 212 valence electrons. The molecule has 0 aromatic carbocycles. The molecule has 0 saturated heterocycles. The number of aliphatic hydroxyl groups excluding tert-OH is 1. The number of aliphatic hydroxyl groups is 1. The van der Waals surface area contributed by atoms with E-state index in [2.05, 4.69) is 20.1 Å². The second kappa shape index (κ2) is 17.8. The maximum atomic E-state index is 11.9. The minimum Gasteiger partial charge on any atom is -0.462 e. The van der Waals surface area contributed by atoms with Crippen molar-refractivity contribution in [3.63, 3.8) is 0 Å². The third kappa shape index (κ3) is 12.7. The minimum absolute atomic E-state index is 0.0380. The van der Waals surface area contributed by atoms with Gasteiger partial charge in [-0.2, -0.15) is 0 Å². The van der Waals surface area contributed by atoms with Gasteiger partial charge in [0.2, 0.25) is 0 Å². The Morgan fingerprint density at radius 1 is 0.757 bits per heavy atom. The van der Waals surface area contributed by atoms with Crippen LogP contribution in [-0.4, -0.2) is 36.9 Å². The number of ether oxygens (including phenoxy) is 2. The van der Waals surface area contributed by atoms with E-state index in [4.69, 9.17) is 14.6 Å². The molecule has 1 unspecified atom stereocenters. The van der Waals surface area contributed by atoms with Gasteiger partial charge < -0.3 is 14.6 Å². The number of unbranched alkanes of at least 4 members (excludes halogenated alkanes) is 2. The number of esters is 2. The van der Waals surface area contributed by atoms with Crippen molar-refractivity contribution in [1.82, 2.24) is 0 Å². The molecule has 0 heterocycles. The second-order valence-electron chi connectivity index (χ2n) is 12.0. The lowest BCUT2D eigenvalue weighted by Gasteiger charge is -2.32. The van der Waals surface area contributed by atoms with Gasteiger partial charge in [0.25, 0.3) is 0 Å². The van der Waals surface area contributed by atoms with E-state index in [1.165, 1.54) is 89.9 Å². The zero-order chi connectivity index (χ0) is 27.0. The smallest absolute Gasteiger partial charge is 0.335 e. The fourth-order valence-electron chi connectivity index (χ4n) is 6.14. The summed E-state index contributed by atoms with van der Waals surface area (Å²) < 4.78 is 10.7. The molecular formula is C32H54O5. The number of rotatable bonds is 17. The number of hydrogen-bond donors (Lipinski definition) is 1. The topological polar surface area (TPSA) is 72.8 Å². The average molecular weight is 519 g/mol. The molecular weight excluding hydrogens is 464 g/mol. The first kappa shape index (κ1) is 31.6. The van der Waals surface area contributed by atoms with Crippen LogP contribution in [0.2, 0.25) is 0 Å². The van der Waals surface area contributed by atoms with E-state index in [1.54, 1.807) is 6.92 Å². The maximum Gasteiger partial charge on any atom is 0.335 e. The molecule has 0 aliphatic heterocycles. The molecule has 0 bridgehead atoms. The Bertz CT molecular complexity index is 698. The lowest BCUT2D eigenvalue weighted by atomic mass is 9.74. The summed E-state index contributed by atoms with van der Waals surface area (Å²) in [6.07, 6.45) is 21.4. The second-order valence-corrected chi connectivity index (χ2v) is 12.0. The fraction of sp³-hybridized carbons (Fsp3) is 0.812. The van der Waals surface area contributed by atoms with Crippen molar-refractivity contribution in [3.8, 4) is 0 Å². The van der Waals surface area contributed by atoms with Crippen molar-refractivity contribution in [2.75, 3.05) is 19.8 Å². The third-order valence-electron chi connectivity index (χ3n) is 8.84. The van der Waals surface area contributed by atoms with E-state index in [0.717, 1.165) is 30.6 Å². The van der Waals surface area contributed by atoms with Crippen molar-refractivity contribution >= 4 is 11.9 Å². The molecule has 2 aliphatic carbocycles. The van der Waals surface area contributed by atoms with Crippen molar-refractivity contribution in [3.05, 3.63) is 24.3 Å². The SMILES string of the molecule is C=C(C)C(=O)OCC(CCC1CCC(CCC2CCC(CCCCC)CC2)CC1)COC(=O)C(=C)CO. The van der Waals surface area contributed by atoms with Gasteiger partial charge >= 0.3 is 11.9 Å². The number of carbonyl (C=O) groups is 2. The van der Waals surface area contributed by atoms with Crippen molar-refractivity contribution < 1.29 is 24.2 Å². The summed E-state index contributed by atoms with van der Waals surface area (Å²) in [5.41, 5.74) is 0.402. The quantitative estimate of drug-likeness (QED) is 0.122. The van der Waals surface area contributed by atoms with E-state index in [1.807, 2.05) is 0 Å². The van der Waals surface area contributed by atoms with Gasteiger partial charge in [-0.3, -0.25) is 0 Å². The Hall–Kier alpha value is -1.62. The predicted octanol–water partition coefficient (Wildman–Crippen LogP) is 7.57. The van der Waals surface area contributed by atoms with E-state index in [0.29, 0.717) is 11.5 Å².